The summed E-state index contributed by atoms with van der Waals surface area (Å²) in [6, 6.07) is 25.3. The third-order valence-electron chi connectivity index (χ3n) is 7.74. The number of hydrogen-bond acceptors (Lipinski definition) is 7. The summed E-state index contributed by atoms with van der Waals surface area (Å²) >= 11 is 0. The number of alkyl halides is 3. The van der Waals surface area contributed by atoms with Crippen LogP contribution in [0.5, 0.6) is 11.5 Å². The van der Waals surface area contributed by atoms with Gasteiger partial charge >= 0.3 is 6.18 Å². The number of halogens is 3. The number of benzene rings is 4. The molecular weight excluding hydrogens is 627 g/mol. The number of carbonyl (C=O) groups is 1. The number of aliphatic hydroxyl groups excluding tert-OH is 1. The van der Waals surface area contributed by atoms with Crippen LogP contribution in [0.15, 0.2) is 107 Å². The molecule has 10 nitrogen and oxygen atoms in total. The van der Waals surface area contributed by atoms with E-state index in [0.717, 1.165) is 12.1 Å². The lowest BCUT2D eigenvalue weighted by Crippen LogP contribution is -2.49. The fraction of sp³-hybridized carbons (Fsp3) is 0.257. The average Bonchev–Trinajstić information content (AvgIpc) is 3.49. The van der Waals surface area contributed by atoms with Crippen LogP contribution in [-0.2, 0) is 28.7 Å². The minimum absolute atomic E-state index is 0.00485. The summed E-state index contributed by atoms with van der Waals surface area (Å²) < 4.78 is 57.9. The molecule has 1 heterocycles. The van der Waals surface area contributed by atoms with Crippen molar-refractivity contribution in [3.05, 3.63) is 135 Å². The minimum atomic E-state index is -4.55. The lowest BCUT2D eigenvalue weighted by Gasteiger charge is -2.31. The van der Waals surface area contributed by atoms with Crippen molar-refractivity contribution in [3.8, 4) is 11.5 Å². The Morgan fingerprint density at radius 1 is 1.04 bits per heavy atom. The first-order valence-corrected chi connectivity index (χ1v) is 15.0. The molecular formula is C35H32F3N5O5. The molecule has 0 radical (unpaired) electrons. The number of ether oxygens (including phenoxy) is 3. The zero-order chi connectivity index (χ0) is 34.1. The number of carbonyl (C=O) groups excluding carboxylic acids is 1. The maximum absolute atomic E-state index is 14.5. The number of nitrogens with one attached hydrogen (secondary N) is 1. The van der Waals surface area contributed by atoms with Crippen LogP contribution in [0, 0.1) is 0 Å². The topological polar surface area (TPSA) is 138 Å². The number of azide groups is 1. The first-order valence-electron chi connectivity index (χ1n) is 15.0. The van der Waals surface area contributed by atoms with E-state index in [4.69, 9.17) is 24.3 Å². The molecule has 13 heteroatoms. The van der Waals surface area contributed by atoms with Gasteiger partial charge in [-0.05, 0) is 70.8 Å². The van der Waals surface area contributed by atoms with Gasteiger partial charge in [-0.1, -0.05) is 53.6 Å². The first kappa shape index (κ1) is 33.8. The summed E-state index contributed by atoms with van der Waals surface area (Å²) in [7, 11) is 1.51. The summed E-state index contributed by atoms with van der Waals surface area (Å²) in [5.74, 6) is 0.577. The fourth-order valence-electron chi connectivity index (χ4n) is 5.38. The van der Waals surface area contributed by atoms with Gasteiger partial charge in [0.15, 0.2) is 11.6 Å². The summed E-state index contributed by atoms with van der Waals surface area (Å²) in [5.41, 5.74) is 8.79. The molecule has 0 bridgehead atoms. The Morgan fingerprint density at radius 2 is 1.81 bits per heavy atom. The molecule has 0 aliphatic carbocycles. The summed E-state index contributed by atoms with van der Waals surface area (Å²) in [6.07, 6.45) is -5.22. The lowest BCUT2D eigenvalue weighted by atomic mass is 9.81. The van der Waals surface area contributed by atoms with E-state index in [1.54, 1.807) is 72.8 Å². The molecule has 0 spiro atoms. The van der Waals surface area contributed by atoms with Crippen molar-refractivity contribution < 1.29 is 37.3 Å². The highest BCUT2D eigenvalue weighted by atomic mass is 19.4. The van der Waals surface area contributed by atoms with E-state index in [0.29, 0.717) is 41.2 Å². The van der Waals surface area contributed by atoms with Gasteiger partial charge in [0.2, 0.25) is 5.90 Å². The van der Waals surface area contributed by atoms with E-state index in [1.807, 2.05) is 0 Å². The van der Waals surface area contributed by atoms with Crippen LogP contribution in [0.25, 0.3) is 10.4 Å². The molecule has 0 saturated heterocycles. The van der Waals surface area contributed by atoms with Gasteiger partial charge in [-0.25, -0.2) is 4.99 Å². The Hall–Kier alpha value is -5.52. The molecule has 2 N–H and O–H groups in total. The lowest BCUT2D eigenvalue weighted by molar-refractivity contribution is -0.137. The van der Waals surface area contributed by atoms with Crippen LogP contribution in [0.2, 0.25) is 0 Å². The van der Waals surface area contributed by atoms with E-state index < -0.39 is 29.3 Å². The molecule has 2 atom stereocenters. The van der Waals surface area contributed by atoms with Gasteiger partial charge in [0.1, 0.15) is 11.5 Å². The zero-order valence-corrected chi connectivity index (χ0v) is 25.9. The van der Waals surface area contributed by atoms with Gasteiger partial charge in [0.05, 0.1) is 19.3 Å². The van der Waals surface area contributed by atoms with Gasteiger partial charge in [0.25, 0.3) is 5.91 Å². The second-order valence-electron chi connectivity index (χ2n) is 10.9. The van der Waals surface area contributed by atoms with Crippen molar-refractivity contribution in [2.75, 3.05) is 20.3 Å². The summed E-state index contributed by atoms with van der Waals surface area (Å²) in [4.78, 5) is 22.4. The van der Waals surface area contributed by atoms with Crippen LogP contribution in [0.1, 0.15) is 40.3 Å². The Kier molecular flexibility index (Phi) is 10.5. The van der Waals surface area contributed by atoms with Crippen molar-refractivity contribution in [2.24, 2.45) is 10.1 Å². The van der Waals surface area contributed by atoms with E-state index in [2.05, 4.69) is 15.3 Å². The third kappa shape index (κ3) is 7.71. The largest absolute Gasteiger partial charge is 0.497 e. The van der Waals surface area contributed by atoms with Gasteiger partial charge in [-0.2, -0.15) is 13.2 Å². The number of rotatable bonds is 13. The third-order valence-corrected chi connectivity index (χ3v) is 7.74. The predicted molar refractivity (Wildman–Crippen MR) is 172 cm³/mol. The molecule has 0 saturated carbocycles. The van der Waals surface area contributed by atoms with Crippen molar-refractivity contribution >= 4 is 17.5 Å². The molecule has 0 aromatic heterocycles. The maximum atomic E-state index is 14.5. The predicted octanol–water partition coefficient (Wildman–Crippen LogP) is 7.23. The standard InChI is InChI=1S/C35H32F3N5O5/c1-46-29-11-5-9-25(20-29)31-34(21-26-8-2-3-12-30(26)42-43-39,33(45)40-22-23-7-4-10-27(19-23)35(36,37)38)41-32(48-31)24-13-15-28(16-14-24)47-18-6-17-44/h2-5,7-16,19-20,31,44H,6,17-18,21-22H2,1H3,(H,40,45)/t31-,34-/m1/s1. The molecule has 48 heavy (non-hydrogen) atoms. The summed E-state index contributed by atoms with van der Waals surface area (Å²) in [5, 5.41) is 15.7. The highest BCUT2D eigenvalue weighted by Crippen LogP contribution is 2.44. The Morgan fingerprint density at radius 3 is 2.54 bits per heavy atom. The van der Waals surface area contributed by atoms with E-state index in [9.17, 15) is 23.5 Å². The molecule has 0 unspecified atom stereocenters. The summed E-state index contributed by atoms with van der Waals surface area (Å²) in [6.45, 7) is 0.0954. The van der Waals surface area contributed by atoms with E-state index in [1.165, 1.54) is 19.2 Å². The van der Waals surface area contributed by atoms with Gasteiger partial charge in [0, 0.05) is 42.2 Å². The number of methoxy groups -OCH3 is 1. The Labute approximate surface area is 274 Å². The molecule has 248 valence electrons. The maximum Gasteiger partial charge on any atom is 0.416 e. The normalized spacial score (nSPS) is 17.1. The SMILES string of the molecule is COc1cccc([C@H]2OC(c3ccc(OCCCO)cc3)=N[C@@]2(Cc2ccccc2N=[N+]=[N-])C(=O)NCc2cccc(C(F)(F)F)c2)c1. The molecule has 5 rings (SSSR count). The number of aliphatic imine (C=N–C) groups is 1. The molecule has 1 amide bonds. The van der Waals surface area contributed by atoms with Crippen LogP contribution in [0.4, 0.5) is 18.9 Å². The highest BCUT2D eigenvalue weighted by Gasteiger charge is 2.53. The zero-order valence-electron chi connectivity index (χ0n) is 25.9. The minimum Gasteiger partial charge on any atom is -0.497 e. The van der Waals surface area contributed by atoms with Gasteiger partial charge in [-0.3, -0.25) is 4.79 Å². The van der Waals surface area contributed by atoms with Crippen molar-refractivity contribution in [2.45, 2.75) is 37.2 Å². The molecule has 4 aromatic rings. The smallest absolute Gasteiger partial charge is 0.416 e. The van der Waals surface area contributed by atoms with Crippen LogP contribution >= 0.6 is 0 Å². The number of aliphatic hydroxyl groups is 1. The molecule has 4 aromatic carbocycles. The van der Waals surface area contributed by atoms with E-state index in [-0.39, 0.29) is 36.7 Å². The highest BCUT2D eigenvalue weighted by molar-refractivity contribution is 6.01. The van der Waals surface area contributed by atoms with Gasteiger partial charge < -0.3 is 24.6 Å². The second kappa shape index (κ2) is 14.9. The number of nitrogens with zero attached hydrogens (tertiary/aromatic N) is 4. The molecule has 1 aliphatic heterocycles. The average molecular weight is 660 g/mol. The van der Waals surface area contributed by atoms with Gasteiger partial charge in [-0.15, -0.1) is 0 Å². The second-order valence-corrected chi connectivity index (χ2v) is 10.9. The first-order chi connectivity index (χ1) is 23.2. The van der Waals surface area contributed by atoms with Crippen molar-refractivity contribution in [1.29, 1.82) is 0 Å². The van der Waals surface area contributed by atoms with Crippen LogP contribution in [-0.4, -0.2) is 42.8 Å². The Balaban J connectivity index is 1.60. The Bertz CT molecular complexity index is 1830. The van der Waals surface area contributed by atoms with Crippen LogP contribution in [0.3, 0.4) is 0 Å². The van der Waals surface area contributed by atoms with Crippen LogP contribution < -0.4 is 14.8 Å². The quantitative estimate of drug-likeness (QED) is 0.0675. The number of amides is 1. The van der Waals surface area contributed by atoms with E-state index >= 15 is 0 Å². The van der Waals surface area contributed by atoms with Crippen molar-refractivity contribution in [1.82, 2.24) is 5.32 Å². The molecule has 0 fully saturated rings. The fourth-order valence-corrected chi connectivity index (χ4v) is 5.38. The number of hydrogen-bond donors (Lipinski definition) is 2. The molecule has 1 aliphatic rings. The van der Waals surface area contributed by atoms with Crippen molar-refractivity contribution in [3.63, 3.8) is 0 Å². The monoisotopic (exact) mass is 659 g/mol.